The number of hydrogen-bond donors (Lipinski definition) is 0. The van der Waals surface area contributed by atoms with E-state index < -0.39 is 0 Å². The van der Waals surface area contributed by atoms with Gasteiger partial charge in [-0.15, -0.1) is 11.3 Å². The highest BCUT2D eigenvalue weighted by Crippen LogP contribution is 2.37. The Bertz CT molecular complexity index is 523. The largest absolute Gasteiger partial charge is 0.131 e. The van der Waals surface area contributed by atoms with Crippen molar-refractivity contribution >= 4 is 22.9 Å². The van der Waals surface area contributed by atoms with Crippen LogP contribution in [0.1, 0.15) is 43.6 Å². The van der Waals surface area contributed by atoms with E-state index in [1.54, 1.807) is 11.3 Å². The van der Waals surface area contributed by atoms with Gasteiger partial charge < -0.3 is 0 Å². The third kappa shape index (κ3) is 2.48. The third-order valence-electron chi connectivity index (χ3n) is 3.89. The van der Waals surface area contributed by atoms with E-state index >= 15 is 0 Å². The molecule has 0 N–H and O–H groups in total. The third-order valence-corrected chi connectivity index (χ3v) is 5.06. The molecule has 0 unspecified atom stereocenters. The summed E-state index contributed by atoms with van der Waals surface area (Å²) in [5.74, 6) is 0.760. The molecule has 1 saturated carbocycles. The number of thiophene rings is 1. The molecule has 1 heterocycles. The van der Waals surface area contributed by atoms with Crippen LogP contribution in [-0.2, 0) is 0 Å². The lowest BCUT2D eigenvalue weighted by Crippen LogP contribution is -2.04. The second kappa shape index (κ2) is 5.46. The van der Waals surface area contributed by atoms with E-state index in [1.807, 2.05) is 0 Å². The van der Waals surface area contributed by atoms with Crippen LogP contribution < -0.4 is 0 Å². The molecule has 1 fully saturated rings. The van der Waals surface area contributed by atoms with Crippen molar-refractivity contribution in [3.8, 4) is 11.1 Å². The van der Waals surface area contributed by atoms with Crippen LogP contribution in [-0.4, -0.2) is 0 Å². The van der Waals surface area contributed by atoms with Crippen LogP contribution in [0.4, 0.5) is 0 Å². The summed E-state index contributed by atoms with van der Waals surface area (Å²) in [6, 6.07) is 11.1. The Hall–Kier alpha value is -0.790. The summed E-state index contributed by atoms with van der Waals surface area (Å²) in [4.78, 5) is 0. The Morgan fingerprint density at radius 2 is 1.89 bits per heavy atom. The van der Waals surface area contributed by atoms with Gasteiger partial charge in [0.25, 0.3) is 0 Å². The smallest absolute Gasteiger partial charge is 0.101 e. The summed E-state index contributed by atoms with van der Waals surface area (Å²) in [6.45, 7) is 0. The van der Waals surface area contributed by atoms with Crippen molar-refractivity contribution in [3.63, 3.8) is 0 Å². The van der Waals surface area contributed by atoms with Crippen LogP contribution in [0.3, 0.4) is 0 Å². The van der Waals surface area contributed by atoms with Crippen LogP contribution in [0.2, 0.25) is 4.34 Å². The van der Waals surface area contributed by atoms with Crippen LogP contribution in [0.25, 0.3) is 11.1 Å². The van der Waals surface area contributed by atoms with Crippen molar-refractivity contribution < 1.29 is 0 Å². The maximum atomic E-state index is 6.23. The van der Waals surface area contributed by atoms with Gasteiger partial charge in [0, 0.05) is 5.56 Å². The zero-order valence-electron chi connectivity index (χ0n) is 10.4. The normalized spacial score (nSPS) is 16.9. The number of benzene rings is 1. The van der Waals surface area contributed by atoms with Crippen molar-refractivity contribution in [2.24, 2.45) is 0 Å². The van der Waals surface area contributed by atoms with Crippen molar-refractivity contribution in [3.05, 3.63) is 45.6 Å². The minimum atomic E-state index is 0.760. The molecule has 0 amide bonds. The Kier molecular flexibility index (Phi) is 3.72. The van der Waals surface area contributed by atoms with E-state index in [2.05, 4.69) is 35.7 Å². The standard InChI is InChI=1S/C16H17ClS/c17-16-15(9-10-18-16)14-8-4-7-13(11-14)12-5-2-1-3-6-12/h4,7-12H,1-3,5-6H2. The number of halogens is 1. The highest BCUT2D eigenvalue weighted by atomic mass is 35.5. The van der Waals surface area contributed by atoms with Crippen molar-refractivity contribution in [2.75, 3.05) is 0 Å². The SMILES string of the molecule is Clc1sccc1-c1cccc(C2CCCCC2)c1. The summed E-state index contributed by atoms with van der Waals surface area (Å²) in [7, 11) is 0. The molecule has 94 valence electrons. The lowest BCUT2D eigenvalue weighted by atomic mass is 9.83. The fourth-order valence-electron chi connectivity index (χ4n) is 2.90. The summed E-state index contributed by atoms with van der Waals surface area (Å²) < 4.78 is 0.899. The average Bonchev–Trinajstić information content (AvgIpc) is 2.86. The van der Waals surface area contributed by atoms with E-state index in [-0.39, 0.29) is 0 Å². The summed E-state index contributed by atoms with van der Waals surface area (Å²) in [6.07, 6.45) is 6.87. The van der Waals surface area contributed by atoms with Gasteiger partial charge >= 0.3 is 0 Å². The Morgan fingerprint density at radius 3 is 2.61 bits per heavy atom. The van der Waals surface area contributed by atoms with Gasteiger partial charge in [0.15, 0.2) is 0 Å². The van der Waals surface area contributed by atoms with Gasteiger partial charge in [0.05, 0.1) is 0 Å². The quantitative estimate of drug-likeness (QED) is 0.620. The van der Waals surface area contributed by atoms with Gasteiger partial charge in [0.1, 0.15) is 4.34 Å². The Balaban J connectivity index is 1.91. The number of hydrogen-bond acceptors (Lipinski definition) is 1. The minimum absolute atomic E-state index is 0.760. The molecule has 1 aliphatic rings. The molecular weight excluding hydrogens is 260 g/mol. The first-order chi connectivity index (χ1) is 8.84. The lowest BCUT2D eigenvalue weighted by Gasteiger charge is -2.22. The first-order valence-corrected chi connectivity index (χ1v) is 7.93. The fraction of sp³-hybridized carbons (Fsp3) is 0.375. The molecule has 0 bridgehead atoms. The predicted octanol–water partition coefficient (Wildman–Crippen LogP) is 6.12. The Morgan fingerprint density at radius 1 is 1.06 bits per heavy atom. The molecule has 0 radical (unpaired) electrons. The molecule has 2 heteroatoms. The van der Waals surface area contributed by atoms with Gasteiger partial charge in [-0.1, -0.05) is 55.1 Å². The molecule has 0 spiro atoms. The van der Waals surface area contributed by atoms with E-state index in [0.717, 1.165) is 10.3 Å². The molecule has 3 rings (SSSR count). The van der Waals surface area contributed by atoms with Crippen molar-refractivity contribution in [1.82, 2.24) is 0 Å². The van der Waals surface area contributed by atoms with Gasteiger partial charge in [-0.2, -0.15) is 0 Å². The monoisotopic (exact) mass is 276 g/mol. The fourth-order valence-corrected chi connectivity index (χ4v) is 3.86. The van der Waals surface area contributed by atoms with Crippen LogP contribution in [0.5, 0.6) is 0 Å². The highest BCUT2D eigenvalue weighted by molar-refractivity contribution is 7.15. The molecule has 1 aromatic heterocycles. The minimum Gasteiger partial charge on any atom is -0.131 e. The molecule has 1 aromatic carbocycles. The van der Waals surface area contributed by atoms with E-state index in [4.69, 9.17) is 11.6 Å². The molecule has 18 heavy (non-hydrogen) atoms. The van der Waals surface area contributed by atoms with Crippen LogP contribution in [0, 0.1) is 0 Å². The molecule has 2 aromatic rings. The topological polar surface area (TPSA) is 0 Å². The molecule has 1 aliphatic carbocycles. The van der Waals surface area contributed by atoms with Crippen molar-refractivity contribution in [2.45, 2.75) is 38.0 Å². The van der Waals surface area contributed by atoms with Crippen LogP contribution in [0.15, 0.2) is 35.7 Å². The number of rotatable bonds is 2. The second-order valence-electron chi connectivity index (χ2n) is 5.07. The van der Waals surface area contributed by atoms with Crippen LogP contribution >= 0.6 is 22.9 Å². The maximum Gasteiger partial charge on any atom is 0.101 e. The average molecular weight is 277 g/mol. The summed E-state index contributed by atoms with van der Waals surface area (Å²) >= 11 is 7.84. The lowest BCUT2D eigenvalue weighted by molar-refractivity contribution is 0.444. The maximum absolute atomic E-state index is 6.23. The predicted molar refractivity (Wildman–Crippen MR) is 80.6 cm³/mol. The zero-order valence-corrected chi connectivity index (χ0v) is 11.9. The second-order valence-corrected chi connectivity index (χ2v) is 6.59. The summed E-state index contributed by atoms with van der Waals surface area (Å²) in [5.41, 5.74) is 3.94. The van der Waals surface area contributed by atoms with Gasteiger partial charge in [0.2, 0.25) is 0 Å². The molecule has 0 saturated heterocycles. The molecule has 0 atom stereocenters. The first-order valence-electron chi connectivity index (χ1n) is 6.68. The molecule has 0 aliphatic heterocycles. The van der Waals surface area contributed by atoms with E-state index in [9.17, 15) is 0 Å². The highest BCUT2D eigenvalue weighted by Gasteiger charge is 2.16. The van der Waals surface area contributed by atoms with E-state index in [1.165, 1.54) is 48.8 Å². The van der Waals surface area contributed by atoms with Crippen molar-refractivity contribution in [1.29, 1.82) is 0 Å². The van der Waals surface area contributed by atoms with E-state index in [0.29, 0.717) is 0 Å². The zero-order chi connectivity index (χ0) is 12.4. The van der Waals surface area contributed by atoms with Gasteiger partial charge in [-0.25, -0.2) is 0 Å². The Labute approximate surface area is 118 Å². The first kappa shape index (κ1) is 12.3. The molecular formula is C16H17ClS. The van der Waals surface area contributed by atoms with Gasteiger partial charge in [-0.05, 0) is 41.3 Å². The summed E-state index contributed by atoms with van der Waals surface area (Å²) in [5, 5.41) is 2.06. The van der Waals surface area contributed by atoms with Gasteiger partial charge in [-0.3, -0.25) is 0 Å². The molecule has 0 nitrogen and oxygen atoms in total.